The van der Waals surface area contributed by atoms with Crippen LogP contribution in [0.25, 0.3) is 0 Å². The fraction of sp³-hybridized carbons (Fsp3) is 0.889. The third kappa shape index (κ3) is 1.08. The third-order valence-electron chi connectivity index (χ3n) is 3.04. The Morgan fingerprint density at radius 3 is 2.86 bits per heavy atom. The Morgan fingerprint density at radius 2 is 2.29 bits per heavy atom. The summed E-state index contributed by atoms with van der Waals surface area (Å²) in [5, 5.41) is 0. The number of nitrogens with zero attached hydrogens (tertiary/aromatic N) is 1. The Hall–Kier alpha value is -0.710. The molecule has 0 aromatic carbocycles. The summed E-state index contributed by atoms with van der Waals surface area (Å²) in [6.07, 6.45) is -1.70. The van der Waals surface area contributed by atoms with Crippen molar-refractivity contribution < 1.29 is 18.3 Å². The fourth-order valence-corrected chi connectivity index (χ4v) is 2.27. The van der Waals surface area contributed by atoms with Gasteiger partial charge in [0, 0.05) is 0 Å². The molecule has 80 valence electrons. The number of fused-ring (bicyclic) bond motifs is 1. The summed E-state index contributed by atoms with van der Waals surface area (Å²) in [4.78, 5) is 12.8. The van der Waals surface area contributed by atoms with Crippen molar-refractivity contribution in [2.45, 2.75) is 31.8 Å². The molecule has 0 aliphatic carbocycles. The van der Waals surface area contributed by atoms with Crippen molar-refractivity contribution in [3.8, 4) is 0 Å². The molecule has 0 radical (unpaired) electrons. The maximum Gasteiger partial charge on any atom is 0.260 e. The predicted molar refractivity (Wildman–Crippen MR) is 45.0 cm³/mol. The lowest BCUT2D eigenvalue weighted by molar-refractivity contribution is -0.145. The van der Waals surface area contributed by atoms with Crippen molar-refractivity contribution in [3.05, 3.63) is 0 Å². The van der Waals surface area contributed by atoms with E-state index < -0.39 is 36.4 Å². The van der Waals surface area contributed by atoms with Crippen molar-refractivity contribution in [1.29, 1.82) is 0 Å². The molecule has 0 aromatic heterocycles. The molecule has 1 amide bonds. The van der Waals surface area contributed by atoms with Crippen molar-refractivity contribution in [1.82, 2.24) is 4.90 Å². The molecule has 3 unspecified atom stereocenters. The molecule has 5 heteroatoms. The second kappa shape index (κ2) is 2.89. The van der Waals surface area contributed by atoms with Gasteiger partial charge in [-0.3, -0.25) is 9.18 Å². The van der Waals surface area contributed by atoms with E-state index in [1.807, 2.05) is 0 Å². The Bertz CT molecular complexity index is 270. The third-order valence-corrected chi connectivity index (χ3v) is 3.04. The highest BCUT2D eigenvalue weighted by Crippen LogP contribution is 2.39. The van der Waals surface area contributed by atoms with E-state index in [1.165, 1.54) is 4.90 Å². The summed E-state index contributed by atoms with van der Waals surface area (Å²) < 4.78 is 31.2. The van der Waals surface area contributed by atoms with Gasteiger partial charge in [0.15, 0.2) is 6.17 Å². The molecule has 2 fully saturated rings. The Labute approximate surface area is 81.0 Å². The first kappa shape index (κ1) is 9.83. The van der Waals surface area contributed by atoms with Crippen molar-refractivity contribution in [2.75, 3.05) is 13.3 Å². The van der Waals surface area contributed by atoms with Crippen LogP contribution in [0.5, 0.6) is 0 Å². The summed E-state index contributed by atoms with van der Waals surface area (Å²) in [5.41, 5.74) is -0.796. The van der Waals surface area contributed by atoms with Crippen molar-refractivity contribution in [3.63, 3.8) is 0 Å². The van der Waals surface area contributed by atoms with Gasteiger partial charge >= 0.3 is 0 Å². The molecule has 2 aliphatic heterocycles. The van der Waals surface area contributed by atoms with Crippen LogP contribution in [-0.4, -0.2) is 42.0 Å². The number of rotatable bonds is 1. The van der Waals surface area contributed by atoms with Crippen LogP contribution < -0.4 is 0 Å². The first-order chi connectivity index (χ1) is 6.49. The molecule has 0 bridgehead atoms. The molecule has 2 heterocycles. The monoisotopic (exact) mass is 205 g/mol. The van der Waals surface area contributed by atoms with Crippen LogP contribution in [-0.2, 0) is 9.53 Å². The van der Waals surface area contributed by atoms with Crippen LogP contribution in [0.3, 0.4) is 0 Å². The zero-order chi connectivity index (χ0) is 10.5. The number of amides is 1. The second-order valence-electron chi connectivity index (χ2n) is 4.25. The van der Waals surface area contributed by atoms with Gasteiger partial charge in [-0.2, -0.15) is 0 Å². The zero-order valence-electron chi connectivity index (χ0n) is 8.17. The summed E-state index contributed by atoms with van der Waals surface area (Å²) in [5.74, 6) is -1.50. The average molecular weight is 205 g/mol. The van der Waals surface area contributed by atoms with Crippen LogP contribution in [0.2, 0.25) is 0 Å². The van der Waals surface area contributed by atoms with Gasteiger partial charge in [-0.25, -0.2) is 4.39 Å². The van der Waals surface area contributed by atoms with E-state index in [0.717, 1.165) is 0 Å². The second-order valence-corrected chi connectivity index (χ2v) is 4.25. The average Bonchev–Trinajstić information content (AvgIpc) is 2.53. The Balaban J connectivity index is 2.30. The van der Waals surface area contributed by atoms with Gasteiger partial charge in [0.25, 0.3) is 5.91 Å². The molecule has 2 rings (SSSR count). The molecule has 3 atom stereocenters. The minimum atomic E-state index is -1.70. The first-order valence-electron chi connectivity index (χ1n) is 4.66. The van der Waals surface area contributed by atoms with E-state index in [4.69, 9.17) is 4.74 Å². The maximum atomic E-state index is 13.4. The van der Waals surface area contributed by atoms with E-state index in [1.54, 1.807) is 13.8 Å². The van der Waals surface area contributed by atoms with E-state index in [9.17, 15) is 13.6 Å². The van der Waals surface area contributed by atoms with E-state index in [-0.39, 0.29) is 6.61 Å². The van der Waals surface area contributed by atoms with Gasteiger partial charge in [0.05, 0.1) is 25.2 Å². The minimum absolute atomic E-state index is 0.230. The number of ether oxygens (including phenoxy) is 1. The molecular weight excluding hydrogens is 192 g/mol. The number of hydrogen-bond acceptors (Lipinski definition) is 2. The summed E-state index contributed by atoms with van der Waals surface area (Å²) in [7, 11) is 0. The van der Waals surface area contributed by atoms with Crippen LogP contribution in [0, 0.1) is 5.92 Å². The van der Waals surface area contributed by atoms with Gasteiger partial charge < -0.3 is 9.64 Å². The van der Waals surface area contributed by atoms with Crippen LogP contribution >= 0.6 is 0 Å². The summed E-state index contributed by atoms with van der Waals surface area (Å²) in [6, 6.07) is -0.433. The smallest absolute Gasteiger partial charge is 0.260 e. The topological polar surface area (TPSA) is 29.5 Å². The SMILES string of the molecule is CC1(C)OCC2C(CF)C(F)C(=O)N21. The quantitative estimate of drug-likeness (QED) is 0.636. The molecule has 0 aromatic rings. The molecule has 14 heavy (non-hydrogen) atoms. The summed E-state index contributed by atoms with van der Waals surface area (Å²) >= 11 is 0. The van der Waals surface area contributed by atoms with E-state index in [2.05, 4.69) is 0 Å². The highest BCUT2D eigenvalue weighted by molar-refractivity contribution is 5.85. The highest BCUT2D eigenvalue weighted by atomic mass is 19.1. The lowest BCUT2D eigenvalue weighted by Crippen LogP contribution is -2.44. The van der Waals surface area contributed by atoms with E-state index in [0.29, 0.717) is 0 Å². The molecular formula is C9H13F2NO2. The maximum absolute atomic E-state index is 13.4. The summed E-state index contributed by atoms with van der Waals surface area (Å²) in [6.45, 7) is 2.80. The van der Waals surface area contributed by atoms with E-state index >= 15 is 0 Å². The standard InChI is InChI=1S/C9H13F2NO2/c1-9(2)12-6(4-14-9)5(3-10)7(11)8(12)13/h5-7H,3-4H2,1-2H3. The highest BCUT2D eigenvalue weighted by Gasteiger charge is 2.57. The molecule has 2 saturated heterocycles. The Kier molecular flexibility index (Phi) is 2.03. The van der Waals surface area contributed by atoms with Crippen LogP contribution in [0.15, 0.2) is 0 Å². The van der Waals surface area contributed by atoms with Crippen molar-refractivity contribution in [2.24, 2.45) is 5.92 Å². The van der Waals surface area contributed by atoms with Gasteiger partial charge in [0.2, 0.25) is 0 Å². The normalized spacial score (nSPS) is 40.4. The van der Waals surface area contributed by atoms with Gasteiger partial charge in [0.1, 0.15) is 5.72 Å². The largest absolute Gasteiger partial charge is 0.354 e. The van der Waals surface area contributed by atoms with Crippen LogP contribution in [0.1, 0.15) is 13.8 Å². The molecule has 0 saturated carbocycles. The fourth-order valence-electron chi connectivity index (χ4n) is 2.27. The number of alkyl halides is 2. The molecule has 3 nitrogen and oxygen atoms in total. The number of carbonyl (C=O) groups is 1. The van der Waals surface area contributed by atoms with Crippen LogP contribution in [0.4, 0.5) is 8.78 Å². The molecule has 2 aliphatic rings. The number of hydrogen-bond donors (Lipinski definition) is 0. The lowest BCUT2D eigenvalue weighted by atomic mass is 10.0. The van der Waals surface area contributed by atoms with Gasteiger partial charge in [-0.15, -0.1) is 0 Å². The van der Waals surface area contributed by atoms with Crippen molar-refractivity contribution >= 4 is 5.91 Å². The molecule has 0 spiro atoms. The Morgan fingerprint density at radius 1 is 1.64 bits per heavy atom. The number of halogens is 2. The van der Waals surface area contributed by atoms with Gasteiger partial charge in [-0.05, 0) is 13.8 Å². The first-order valence-corrected chi connectivity index (χ1v) is 4.66. The minimum Gasteiger partial charge on any atom is -0.354 e. The lowest BCUT2D eigenvalue weighted by Gasteiger charge is -2.29. The predicted octanol–water partition coefficient (Wildman–Crippen LogP) is 0.887. The molecule has 0 N–H and O–H groups in total. The van der Waals surface area contributed by atoms with Gasteiger partial charge in [-0.1, -0.05) is 0 Å². The number of carbonyl (C=O) groups excluding carboxylic acids is 1. The zero-order valence-corrected chi connectivity index (χ0v) is 8.17.